The number of carbonyl (C=O) groups excluding carboxylic acids is 1. The first-order chi connectivity index (χ1) is 15.0. The smallest absolute Gasteiger partial charge is 0.255 e. The summed E-state index contributed by atoms with van der Waals surface area (Å²) in [6.07, 6.45) is 3.56. The second kappa shape index (κ2) is 8.98. The van der Waals surface area contributed by atoms with Gasteiger partial charge in [0.2, 0.25) is 5.95 Å². The minimum absolute atomic E-state index is 0.223. The maximum Gasteiger partial charge on any atom is 0.255 e. The molecule has 2 N–H and O–H groups in total. The Kier molecular flexibility index (Phi) is 5.96. The van der Waals surface area contributed by atoms with E-state index in [1.165, 1.54) is 5.56 Å². The quantitative estimate of drug-likeness (QED) is 0.385. The lowest BCUT2D eigenvalue weighted by Gasteiger charge is -2.09. The van der Waals surface area contributed by atoms with Crippen LogP contribution < -0.4 is 10.6 Å². The fraction of sp³-hybridized carbons (Fsp3) is 0.0800. The van der Waals surface area contributed by atoms with Crippen molar-refractivity contribution in [1.82, 2.24) is 9.97 Å². The Hall–Kier alpha value is -3.70. The lowest BCUT2D eigenvalue weighted by atomic mass is 10.1. The minimum Gasteiger partial charge on any atom is -0.324 e. The Balaban J connectivity index is 1.46. The summed E-state index contributed by atoms with van der Waals surface area (Å²) in [5, 5.41) is 6.62. The van der Waals surface area contributed by atoms with Crippen LogP contribution in [0, 0.1) is 13.8 Å². The number of amides is 1. The predicted molar refractivity (Wildman–Crippen MR) is 126 cm³/mol. The zero-order valence-electron chi connectivity index (χ0n) is 17.2. The van der Waals surface area contributed by atoms with Crippen LogP contribution >= 0.6 is 11.6 Å². The average molecular weight is 429 g/mol. The molecule has 3 aromatic carbocycles. The van der Waals surface area contributed by atoms with Crippen LogP contribution in [0.3, 0.4) is 0 Å². The number of hydrogen-bond acceptors (Lipinski definition) is 4. The van der Waals surface area contributed by atoms with Crippen molar-refractivity contribution in [2.45, 2.75) is 13.8 Å². The third kappa shape index (κ3) is 5.08. The van der Waals surface area contributed by atoms with Gasteiger partial charge in [-0.2, -0.15) is 0 Å². The van der Waals surface area contributed by atoms with Crippen LogP contribution in [0.15, 0.2) is 79.1 Å². The molecule has 1 amide bonds. The summed E-state index contributed by atoms with van der Waals surface area (Å²) in [7, 11) is 0. The lowest BCUT2D eigenvalue weighted by Crippen LogP contribution is -2.12. The van der Waals surface area contributed by atoms with Gasteiger partial charge >= 0.3 is 0 Å². The fourth-order valence-corrected chi connectivity index (χ4v) is 3.29. The highest BCUT2D eigenvalue weighted by Gasteiger charge is 2.09. The average Bonchev–Trinajstić information content (AvgIpc) is 2.77. The number of anilines is 3. The summed E-state index contributed by atoms with van der Waals surface area (Å²) < 4.78 is 0. The summed E-state index contributed by atoms with van der Waals surface area (Å²) >= 11 is 6.14. The fourth-order valence-electron chi connectivity index (χ4n) is 3.11. The zero-order valence-corrected chi connectivity index (χ0v) is 17.9. The standard InChI is InChI=1S/C25H21ClN4O/c1-16-5-3-6-18(11-16)20-14-27-25(28-15-20)30-21-8-4-7-19(12-21)24(31)29-22-10-9-17(2)23(26)13-22/h3-15H,1-2H3,(H,29,31)(H,27,28,30). The number of nitrogens with zero attached hydrogens (tertiary/aromatic N) is 2. The van der Waals surface area contributed by atoms with E-state index in [0.29, 0.717) is 22.2 Å². The van der Waals surface area contributed by atoms with Gasteiger partial charge in [-0.15, -0.1) is 0 Å². The van der Waals surface area contributed by atoms with Crippen LogP contribution in [0.5, 0.6) is 0 Å². The highest BCUT2D eigenvalue weighted by Crippen LogP contribution is 2.22. The molecule has 0 aliphatic carbocycles. The van der Waals surface area contributed by atoms with E-state index in [4.69, 9.17) is 11.6 Å². The largest absolute Gasteiger partial charge is 0.324 e. The van der Waals surface area contributed by atoms with Gasteiger partial charge in [0.05, 0.1) is 0 Å². The zero-order chi connectivity index (χ0) is 21.8. The molecule has 0 saturated carbocycles. The Morgan fingerprint density at radius 2 is 1.61 bits per heavy atom. The number of nitrogens with one attached hydrogen (secondary N) is 2. The summed E-state index contributed by atoms with van der Waals surface area (Å²) in [4.78, 5) is 21.4. The van der Waals surface area contributed by atoms with E-state index < -0.39 is 0 Å². The van der Waals surface area contributed by atoms with Crippen molar-refractivity contribution in [3.8, 4) is 11.1 Å². The number of aryl methyl sites for hydroxylation is 2. The van der Waals surface area contributed by atoms with E-state index in [9.17, 15) is 4.79 Å². The van der Waals surface area contributed by atoms with Crippen LogP contribution in [0.2, 0.25) is 5.02 Å². The van der Waals surface area contributed by atoms with Gasteiger partial charge in [-0.3, -0.25) is 4.79 Å². The molecule has 0 aliphatic rings. The molecular weight excluding hydrogens is 408 g/mol. The molecule has 6 heteroatoms. The van der Waals surface area contributed by atoms with Crippen molar-refractivity contribution in [3.63, 3.8) is 0 Å². The van der Waals surface area contributed by atoms with Gasteiger partial charge in [0.1, 0.15) is 0 Å². The Morgan fingerprint density at radius 1 is 0.839 bits per heavy atom. The van der Waals surface area contributed by atoms with Gasteiger partial charge in [-0.25, -0.2) is 9.97 Å². The van der Waals surface area contributed by atoms with Gasteiger partial charge in [-0.1, -0.05) is 53.6 Å². The molecule has 0 saturated heterocycles. The third-order valence-electron chi connectivity index (χ3n) is 4.81. The maximum atomic E-state index is 12.6. The number of rotatable bonds is 5. The second-order valence-electron chi connectivity index (χ2n) is 7.29. The molecule has 4 aromatic rings. The van der Waals surface area contributed by atoms with Crippen molar-refractivity contribution < 1.29 is 4.79 Å². The molecule has 4 rings (SSSR count). The van der Waals surface area contributed by atoms with Crippen LogP contribution in [0.25, 0.3) is 11.1 Å². The van der Waals surface area contributed by atoms with Crippen molar-refractivity contribution in [2.24, 2.45) is 0 Å². The first-order valence-corrected chi connectivity index (χ1v) is 10.2. The molecule has 0 radical (unpaired) electrons. The van der Waals surface area contributed by atoms with Crippen molar-refractivity contribution in [1.29, 1.82) is 0 Å². The number of halogens is 1. The van der Waals surface area contributed by atoms with Crippen LogP contribution in [-0.4, -0.2) is 15.9 Å². The minimum atomic E-state index is -0.223. The highest BCUT2D eigenvalue weighted by molar-refractivity contribution is 6.31. The van der Waals surface area contributed by atoms with Gasteiger partial charge in [0, 0.05) is 39.9 Å². The summed E-state index contributed by atoms with van der Waals surface area (Å²) in [6, 6.07) is 20.8. The predicted octanol–water partition coefficient (Wildman–Crippen LogP) is 6.41. The van der Waals surface area contributed by atoms with Gasteiger partial charge in [0.15, 0.2) is 0 Å². The highest BCUT2D eigenvalue weighted by atomic mass is 35.5. The van der Waals surface area contributed by atoms with Gasteiger partial charge in [0.25, 0.3) is 5.91 Å². The first kappa shape index (κ1) is 20.6. The van der Waals surface area contributed by atoms with E-state index in [2.05, 4.69) is 39.7 Å². The van der Waals surface area contributed by atoms with E-state index in [1.807, 2.05) is 37.3 Å². The molecule has 0 atom stereocenters. The topological polar surface area (TPSA) is 66.9 Å². The van der Waals surface area contributed by atoms with Crippen molar-refractivity contribution >= 4 is 34.8 Å². The summed E-state index contributed by atoms with van der Waals surface area (Å²) in [6.45, 7) is 3.97. The Labute approximate surface area is 186 Å². The SMILES string of the molecule is Cc1cccc(-c2cnc(Nc3cccc(C(=O)Nc4ccc(C)c(Cl)c4)c3)nc2)c1. The van der Waals surface area contributed by atoms with E-state index >= 15 is 0 Å². The number of aromatic nitrogens is 2. The monoisotopic (exact) mass is 428 g/mol. The molecule has 0 fully saturated rings. The molecule has 1 heterocycles. The Morgan fingerprint density at radius 3 is 2.35 bits per heavy atom. The van der Waals surface area contributed by atoms with Gasteiger partial charge in [-0.05, 0) is 55.3 Å². The van der Waals surface area contributed by atoms with Crippen molar-refractivity contribution in [3.05, 3.63) is 101 Å². The molecule has 0 aliphatic heterocycles. The molecule has 5 nitrogen and oxygen atoms in total. The molecular formula is C25H21ClN4O. The normalized spacial score (nSPS) is 10.5. The first-order valence-electron chi connectivity index (χ1n) is 9.81. The molecule has 154 valence electrons. The summed E-state index contributed by atoms with van der Waals surface area (Å²) in [5.41, 5.74) is 6.03. The third-order valence-corrected chi connectivity index (χ3v) is 5.22. The molecule has 1 aromatic heterocycles. The summed E-state index contributed by atoms with van der Waals surface area (Å²) in [5.74, 6) is 0.235. The number of carbonyl (C=O) groups is 1. The molecule has 0 spiro atoms. The van der Waals surface area contributed by atoms with E-state index in [-0.39, 0.29) is 5.91 Å². The van der Waals surface area contributed by atoms with Crippen LogP contribution in [0.4, 0.5) is 17.3 Å². The Bertz CT molecular complexity index is 1240. The second-order valence-corrected chi connectivity index (χ2v) is 7.70. The van der Waals surface area contributed by atoms with Crippen LogP contribution in [0.1, 0.15) is 21.5 Å². The van der Waals surface area contributed by atoms with Gasteiger partial charge < -0.3 is 10.6 Å². The maximum absolute atomic E-state index is 12.6. The molecule has 0 unspecified atom stereocenters. The van der Waals surface area contributed by atoms with Crippen LogP contribution in [-0.2, 0) is 0 Å². The van der Waals surface area contributed by atoms with Crippen molar-refractivity contribution in [2.75, 3.05) is 10.6 Å². The lowest BCUT2D eigenvalue weighted by molar-refractivity contribution is 0.102. The van der Waals surface area contributed by atoms with E-state index in [1.54, 1.807) is 36.7 Å². The number of benzene rings is 3. The van der Waals surface area contributed by atoms with E-state index in [0.717, 1.165) is 22.4 Å². The number of hydrogen-bond donors (Lipinski definition) is 2. The molecule has 0 bridgehead atoms. The molecule has 31 heavy (non-hydrogen) atoms.